The standard InChI is InChI=1S/C13H13BrN4/c14-11-5-2-1-4-9(11)10-8-17-13-16-6-3-7-18(13)12(10)15/h1-2,4-5,8,15H,3,6-7H2,(H,16,17). The number of hydrogen-bond donors (Lipinski definition) is 2. The molecule has 0 unspecified atom stereocenters. The summed E-state index contributed by atoms with van der Waals surface area (Å²) in [5, 5.41) is 11.5. The summed E-state index contributed by atoms with van der Waals surface area (Å²) in [6.07, 6.45) is 2.80. The van der Waals surface area contributed by atoms with Crippen LogP contribution in [-0.4, -0.2) is 16.1 Å². The van der Waals surface area contributed by atoms with Crippen molar-refractivity contribution in [3.63, 3.8) is 0 Å². The lowest BCUT2D eigenvalue weighted by Gasteiger charge is -2.20. The third kappa shape index (κ3) is 1.84. The van der Waals surface area contributed by atoms with Crippen molar-refractivity contribution in [2.45, 2.75) is 13.0 Å². The summed E-state index contributed by atoms with van der Waals surface area (Å²) in [6, 6.07) is 7.93. The van der Waals surface area contributed by atoms with Gasteiger partial charge >= 0.3 is 0 Å². The van der Waals surface area contributed by atoms with E-state index in [0.717, 1.165) is 41.1 Å². The van der Waals surface area contributed by atoms with Gasteiger partial charge in [-0.25, -0.2) is 4.98 Å². The highest BCUT2D eigenvalue weighted by molar-refractivity contribution is 9.10. The largest absolute Gasteiger partial charge is 0.356 e. The predicted molar refractivity (Wildman–Crippen MR) is 74.3 cm³/mol. The first kappa shape index (κ1) is 11.5. The Morgan fingerprint density at radius 2 is 2.11 bits per heavy atom. The maximum Gasteiger partial charge on any atom is 0.204 e. The van der Waals surface area contributed by atoms with Crippen molar-refractivity contribution in [1.29, 1.82) is 5.41 Å². The first-order valence-electron chi connectivity index (χ1n) is 5.90. The lowest BCUT2D eigenvalue weighted by molar-refractivity contribution is 0.585. The first-order chi connectivity index (χ1) is 8.77. The maximum absolute atomic E-state index is 8.32. The molecule has 0 spiro atoms. The van der Waals surface area contributed by atoms with Crippen LogP contribution in [0.1, 0.15) is 6.42 Å². The Morgan fingerprint density at radius 1 is 1.28 bits per heavy atom. The average Bonchev–Trinajstić information content (AvgIpc) is 2.41. The van der Waals surface area contributed by atoms with Crippen molar-refractivity contribution >= 4 is 21.9 Å². The number of halogens is 1. The highest BCUT2D eigenvalue weighted by atomic mass is 79.9. The van der Waals surface area contributed by atoms with Gasteiger partial charge in [-0.15, -0.1) is 0 Å². The van der Waals surface area contributed by atoms with Gasteiger partial charge in [-0.3, -0.25) is 9.98 Å². The van der Waals surface area contributed by atoms with E-state index in [1.54, 1.807) is 6.20 Å². The van der Waals surface area contributed by atoms with Gasteiger partial charge in [-0.05, 0) is 12.5 Å². The molecule has 0 radical (unpaired) electrons. The molecule has 0 amide bonds. The van der Waals surface area contributed by atoms with Gasteiger partial charge in [0, 0.05) is 34.9 Å². The van der Waals surface area contributed by atoms with E-state index in [-0.39, 0.29) is 0 Å². The van der Waals surface area contributed by atoms with E-state index >= 15 is 0 Å². The minimum atomic E-state index is 0.513. The molecule has 3 rings (SSSR count). The second kappa shape index (κ2) is 4.57. The monoisotopic (exact) mass is 304 g/mol. The van der Waals surface area contributed by atoms with Crippen LogP contribution in [0.5, 0.6) is 0 Å². The Kier molecular flexibility index (Phi) is 2.91. The quantitative estimate of drug-likeness (QED) is 0.851. The van der Waals surface area contributed by atoms with E-state index in [1.807, 2.05) is 28.8 Å². The van der Waals surface area contributed by atoms with Crippen molar-refractivity contribution in [2.75, 3.05) is 11.9 Å². The predicted octanol–water partition coefficient (Wildman–Crippen LogP) is 2.61. The van der Waals surface area contributed by atoms with Gasteiger partial charge in [0.05, 0.1) is 0 Å². The molecule has 0 aliphatic carbocycles. The average molecular weight is 305 g/mol. The summed E-state index contributed by atoms with van der Waals surface area (Å²) in [4.78, 5) is 4.41. The smallest absolute Gasteiger partial charge is 0.204 e. The molecular formula is C13H13BrN4. The van der Waals surface area contributed by atoms with E-state index in [9.17, 15) is 0 Å². The number of aromatic nitrogens is 2. The molecule has 2 aromatic rings. The normalized spacial score (nSPS) is 13.8. The zero-order chi connectivity index (χ0) is 12.5. The van der Waals surface area contributed by atoms with Gasteiger partial charge < -0.3 is 5.32 Å². The molecule has 1 aromatic carbocycles. The topological polar surface area (TPSA) is 53.7 Å². The van der Waals surface area contributed by atoms with Crippen LogP contribution in [0.3, 0.4) is 0 Å². The third-order valence-electron chi connectivity index (χ3n) is 3.10. The van der Waals surface area contributed by atoms with Crippen molar-refractivity contribution in [1.82, 2.24) is 9.55 Å². The highest BCUT2D eigenvalue weighted by Gasteiger charge is 2.13. The second-order valence-corrected chi connectivity index (χ2v) is 5.11. The Bertz CT molecular complexity index is 648. The Balaban J connectivity index is 2.20. The molecule has 1 aliphatic rings. The van der Waals surface area contributed by atoms with Crippen LogP contribution in [0, 0.1) is 5.41 Å². The van der Waals surface area contributed by atoms with Gasteiger partial charge in [-0.1, -0.05) is 34.1 Å². The number of nitrogens with zero attached hydrogens (tertiary/aromatic N) is 2. The van der Waals surface area contributed by atoms with Gasteiger partial charge in [0.15, 0.2) is 0 Å². The second-order valence-electron chi connectivity index (χ2n) is 4.26. The molecule has 92 valence electrons. The van der Waals surface area contributed by atoms with E-state index in [0.29, 0.717) is 5.49 Å². The fourth-order valence-electron chi connectivity index (χ4n) is 2.18. The molecule has 1 aromatic heterocycles. The first-order valence-corrected chi connectivity index (χ1v) is 6.70. The molecule has 0 atom stereocenters. The molecule has 0 bridgehead atoms. The summed E-state index contributed by atoms with van der Waals surface area (Å²) in [6.45, 7) is 1.78. The van der Waals surface area contributed by atoms with E-state index in [2.05, 4.69) is 26.2 Å². The SMILES string of the molecule is N=c1c(-c2ccccc2Br)cnc2n1CCCN2. The van der Waals surface area contributed by atoms with E-state index in [1.165, 1.54) is 0 Å². The van der Waals surface area contributed by atoms with Gasteiger partial charge in [-0.2, -0.15) is 0 Å². The van der Waals surface area contributed by atoms with Gasteiger partial charge in [0.1, 0.15) is 5.49 Å². The number of anilines is 1. The highest BCUT2D eigenvalue weighted by Crippen LogP contribution is 2.25. The van der Waals surface area contributed by atoms with Crippen molar-refractivity contribution < 1.29 is 0 Å². The van der Waals surface area contributed by atoms with Crippen molar-refractivity contribution in [2.24, 2.45) is 0 Å². The van der Waals surface area contributed by atoms with Crippen LogP contribution in [0.25, 0.3) is 11.1 Å². The number of rotatable bonds is 1. The molecule has 4 nitrogen and oxygen atoms in total. The lowest BCUT2D eigenvalue weighted by Crippen LogP contribution is -2.31. The lowest BCUT2D eigenvalue weighted by atomic mass is 10.1. The summed E-state index contributed by atoms with van der Waals surface area (Å²) in [7, 11) is 0. The molecule has 2 N–H and O–H groups in total. The number of benzene rings is 1. The van der Waals surface area contributed by atoms with Gasteiger partial charge in [0.25, 0.3) is 0 Å². The van der Waals surface area contributed by atoms with Crippen LogP contribution in [-0.2, 0) is 6.54 Å². The maximum atomic E-state index is 8.32. The van der Waals surface area contributed by atoms with Crippen molar-refractivity contribution in [3.8, 4) is 11.1 Å². The van der Waals surface area contributed by atoms with Crippen molar-refractivity contribution in [3.05, 3.63) is 40.4 Å². The van der Waals surface area contributed by atoms with E-state index in [4.69, 9.17) is 5.41 Å². The van der Waals surface area contributed by atoms with Crippen LogP contribution in [0.2, 0.25) is 0 Å². The minimum Gasteiger partial charge on any atom is -0.356 e. The number of nitrogens with one attached hydrogen (secondary N) is 2. The van der Waals surface area contributed by atoms with Gasteiger partial charge in [0.2, 0.25) is 5.95 Å². The Hall–Kier alpha value is -1.62. The third-order valence-corrected chi connectivity index (χ3v) is 3.79. The molecule has 0 fully saturated rings. The molecule has 0 saturated heterocycles. The number of fused-ring (bicyclic) bond motifs is 1. The summed E-state index contributed by atoms with van der Waals surface area (Å²) in [5.41, 5.74) is 2.38. The molecule has 1 aliphatic heterocycles. The molecule has 2 heterocycles. The van der Waals surface area contributed by atoms with Crippen LogP contribution < -0.4 is 10.8 Å². The molecule has 0 saturated carbocycles. The molecule has 18 heavy (non-hydrogen) atoms. The fraction of sp³-hybridized carbons (Fsp3) is 0.231. The van der Waals surface area contributed by atoms with E-state index < -0.39 is 0 Å². The van der Waals surface area contributed by atoms with Crippen LogP contribution >= 0.6 is 15.9 Å². The molecule has 5 heteroatoms. The number of hydrogen-bond acceptors (Lipinski definition) is 3. The van der Waals surface area contributed by atoms with Crippen LogP contribution in [0.4, 0.5) is 5.95 Å². The zero-order valence-electron chi connectivity index (χ0n) is 9.78. The Labute approximate surface area is 113 Å². The Morgan fingerprint density at radius 3 is 2.94 bits per heavy atom. The molecular weight excluding hydrogens is 292 g/mol. The summed E-state index contributed by atoms with van der Waals surface area (Å²) >= 11 is 3.53. The zero-order valence-corrected chi connectivity index (χ0v) is 11.4. The fourth-order valence-corrected chi connectivity index (χ4v) is 2.68. The summed E-state index contributed by atoms with van der Waals surface area (Å²) in [5.74, 6) is 0.794. The minimum absolute atomic E-state index is 0.513. The summed E-state index contributed by atoms with van der Waals surface area (Å²) < 4.78 is 2.92. The van der Waals surface area contributed by atoms with Crippen LogP contribution in [0.15, 0.2) is 34.9 Å².